The number of carbonyl (C=O) groups excluding carboxylic acids is 1. The minimum atomic E-state index is -0.248. The molecule has 2 heterocycles. The van der Waals surface area contributed by atoms with Crippen LogP contribution in [-0.4, -0.2) is 40.9 Å². The molecule has 0 unspecified atom stereocenters. The molecule has 9 nitrogen and oxygen atoms in total. The van der Waals surface area contributed by atoms with Crippen molar-refractivity contribution in [3.05, 3.63) is 73.1 Å². The van der Waals surface area contributed by atoms with Crippen LogP contribution < -0.4 is 5.32 Å². The normalized spacial score (nSPS) is 10.6. The lowest BCUT2D eigenvalue weighted by molar-refractivity contribution is 0.102. The highest BCUT2D eigenvalue weighted by molar-refractivity contribution is 6.05. The van der Waals surface area contributed by atoms with E-state index in [-0.39, 0.29) is 5.91 Å². The van der Waals surface area contributed by atoms with E-state index in [0.717, 1.165) is 5.69 Å². The van der Waals surface area contributed by atoms with Crippen LogP contribution in [0.1, 0.15) is 10.4 Å². The maximum Gasteiger partial charge on any atom is 0.255 e. The lowest BCUT2D eigenvalue weighted by Gasteiger charge is -2.11. The molecule has 25 heavy (non-hydrogen) atoms. The molecule has 0 aliphatic rings. The van der Waals surface area contributed by atoms with E-state index in [4.69, 9.17) is 0 Å². The fraction of sp³-hybridized carbons (Fsp3) is 0. The van der Waals surface area contributed by atoms with Gasteiger partial charge in [-0.2, -0.15) is 5.10 Å². The van der Waals surface area contributed by atoms with Crippen LogP contribution in [0.4, 0.5) is 5.69 Å². The van der Waals surface area contributed by atoms with Crippen LogP contribution >= 0.6 is 0 Å². The number of tetrazole rings is 1. The van der Waals surface area contributed by atoms with Gasteiger partial charge in [-0.15, -0.1) is 5.10 Å². The molecule has 2 aromatic heterocycles. The van der Waals surface area contributed by atoms with Gasteiger partial charge >= 0.3 is 0 Å². The quantitative estimate of drug-likeness (QED) is 0.607. The van der Waals surface area contributed by atoms with Gasteiger partial charge in [-0.1, -0.05) is 18.2 Å². The Morgan fingerprint density at radius 2 is 1.92 bits per heavy atom. The fourth-order valence-electron chi connectivity index (χ4n) is 2.38. The van der Waals surface area contributed by atoms with Crippen molar-refractivity contribution in [1.82, 2.24) is 35.0 Å². The Labute approximate surface area is 141 Å². The van der Waals surface area contributed by atoms with E-state index in [1.54, 1.807) is 35.3 Å². The lowest BCUT2D eigenvalue weighted by Crippen LogP contribution is -2.14. The highest BCUT2D eigenvalue weighted by Crippen LogP contribution is 2.20. The first-order valence-corrected chi connectivity index (χ1v) is 7.40. The van der Waals surface area contributed by atoms with Crippen LogP contribution in [0.5, 0.6) is 0 Å². The van der Waals surface area contributed by atoms with E-state index in [9.17, 15) is 4.79 Å². The third-order valence-corrected chi connectivity index (χ3v) is 3.54. The zero-order valence-corrected chi connectivity index (χ0v) is 12.9. The predicted molar refractivity (Wildman–Crippen MR) is 88.5 cm³/mol. The molecule has 4 rings (SSSR count). The molecule has 2 aromatic carbocycles. The van der Waals surface area contributed by atoms with Crippen molar-refractivity contribution in [2.75, 3.05) is 5.32 Å². The van der Waals surface area contributed by atoms with Gasteiger partial charge in [0.15, 0.2) is 0 Å². The molecule has 0 radical (unpaired) electrons. The highest BCUT2D eigenvalue weighted by Gasteiger charge is 2.11. The summed E-state index contributed by atoms with van der Waals surface area (Å²) >= 11 is 0. The first-order chi connectivity index (χ1) is 12.3. The van der Waals surface area contributed by atoms with Crippen molar-refractivity contribution in [2.24, 2.45) is 0 Å². The van der Waals surface area contributed by atoms with Gasteiger partial charge in [0.2, 0.25) is 0 Å². The first-order valence-electron chi connectivity index (χ1n) is 7.40. The van der Waals surface area contributed by atoms with Gasteiger partial charge in [-0.05, 0) is 40.8 Å². The fourth-order valence-corrected chi connectivity index (χ4v) is 2.38. The molecule has 122 valence electrons. The van der Waals surface area contributed by atoms with Gasteiger partial charge in [-0.3, -0.25) is 4.79 Å². The molecule has 1 amide bonds. The van der Waals surface area contributed by atoms with Crippen LogP contribution in [0.15, 0.2) is 67.5 Å². The molecule has 0 saturated heterocycles. The van der Waals surface area contributed by atoms with Crippen molar-refractivity contribution in [1.29, 1.82) is 0 Å². The maximum atomic E-state index is 12.6. The number of nitrogens with zero attached hydrogens (tertiary/aromatic N) is 7. The topological polar surface area (TPSA) is 103 Å². The largest absolute Gasteiger partial charge is 0.320 e. The second kappa shape index (κ2) is 6.32. The van der Waals surface area contributed by atoms with E-state index >= 15 is 0 Å². The number of benzene rings is 2. The van der Waals surface area contributed by atoms with Crippen molar-refractivity contribution in [3.8, 4) is 11.4 Å². The van der Waals surface area contributed by atoms with Crippen LogP contribution in [0.3, 0.4) is 0 Å². The van der Waals surface area contributed by atoms with Crippen molar-refractivity contribution in [3.63, 3.8) is 0 Å². The van der Waals surface area contributed by atoms with Crippen LogP contribution in [0.25, 0.3) is 11.4 Å². The van der Waals surface area contributed by atoms with Gasteiger partial charge in [0.1, 0.15) is 19.0 Å². The molecular weight excluding hydrogens is 320 g/mol. The number of aromatic nitrogens is 7. The van der Waals surface area contributed by atoms with E-state index in [0.29, 0.717) is 16.9 Å². The first kappa shape index (κ1) is 14.7. The Kier molecular flexibility index (Phi) is 3.71. The molecular formula is C16H12N8O. The third kappa shape index (κ3) is 2.98. The molecule has 0 aliphatic heterocycles. The standard InChI is InChI=1S/C16H12N8O/c25-16(12-4-3-5-13(8-12)23-11-18-21-22-23)20-14-6-1-2-7-15(14)24-10-17-9-19-24/h1-11H,(H,20,25). The van der Waals surface area contributed by atoms with Crippen molar-refractivity contribution < 1.29 is 4.79 Å². The summed E-state index contributed by atoms with van der Waals surface area (Å²) in [6, 6.07) is 14.4. The van der Waals surface area contributed by atoms with Crippen LogP contribution in [0.2, 0.25) is 0 Å². The lowest BCUT2D eigenvalue weighted by atomic mass is 10.1. The molecule has 0 atom stereocenters. The summed E-state index contributed by atoms with van der Waals surface area (Å²) in [7, 11) is 0. The Hall–Kier alpha value is -3.88. The summed E-state index contributed by atoms with van der Waals surface area (Å²) in [6.45, 7) is 0. The molecule has 4 aromatic rings. The number of amides is 1. The predicted octanol–water partition coefficient (Wildman–Crippen LogP) is 1.50. The SMILES string of the molecule is O=C(Nc1ccccc1-n1cncn1)c1cccc(-n2cnnn2)c1. The Bertz CT molecular complexity index is 995. The molecule has 0 bridgehead atoms. The number of nitrogens with one attached hydrogen (secondary N) is 1. The number of carbonyl (C=O) groups is 1. The zero-order chi connectivity index (χ0) is 17.1. The number of hydrogen-bond acceptors (Lipinski definition) is 6. The Balaban J connectivity index is 1.63. The third-order valence-electron chi connectivity index (χ3n) is 3.54. The summed E-state index contributed by atoms with van der Waals surface area (Å²) in [6.07, 6.45) is 4.48. The Morgan fingerprint density at radius 3 is 2.72 bits per heavy atom. The average Bonchev–Trinajstić information content (AvgIpc) is 3.36. The number of rotatable bonds is 4. The number of para-hydroxylation sites is 2. The van der Waals surface area contributed by atoms with Gasteiger partial charge in [0, 0.05) is 5.56 Å². The molecule has 1 N–H and O–H groups in total. The van der Waals surface area contributed by atoms with Gasteiger partial charge in [0.25, 0.3) is 5.91 Å². The zero-order valence-electron chi connectivity index (χ0n) is 12.9. The van der Waals surface area contributed by atoms with Gasteiger partial charge < -0.3 is 5.32 Å². The average molecular weight is 332 g/mol. The van der Waals surface area contributed by atoms with Gasteiger partial charge in [0.05, 0.1) is 17.1 Å². The summed E-state index contributed by atoms with van der Waals surface area (Å²) in [4.78, 5) is 16.6. The summed E-state index contributed by atoms with van der Waals surface area (Å²) in [5.74, 6) is -0.248. The second-order valence-corrected chi connectivity index (χ2v) is 5.12. The molecule has 9 heteroatoms. The summed E-state index contributed by atoms with van der Waals surface area (Å²) in [5.41, 5.74) is 2.54. The number of anilines is 1. The molecule has 0 fully saturated rings. The van der Waals surface area contributed by atoms with E-state index in [1.807, 2.05) is 24.3 Å². The number of hydrogen-bond donors (Lipinski definition) is 1. The monoisotopic (exact) mass is 332 g/mol. The molecule has 0 aliphatic carbocycles. The van der Waals surface area contributed by atoms with Crippen LogP contribution in [-0.2, 0) is 0 Å². The molecule has 0 saturated carbocycles. The highest BCUT2D eigenvalue weighted by atomic mass is 16.1. The van der Waals surface area contributed by atoms with Crippen LogP contribution in [0, 0.1) is 0 Å². The minimum Gasteiger partial charge on any atom is -0.320 e. The summed E-state index contributed by atoms with van der Waals surface area (Å²) in [5, 5.41) is 18.0. The Morgan fingerprint density at radius 1 is 1.00 bits per heavy atom. The van der Waals surface area contributed by atoms with E-state index < -0.39 is 0 Å². The smallest absolute Gasteiger partial charge is 0.255 e. The second-order valence-electron chi connectivity index (χ2n) is 5.12. The minimum absolute atomic E-state index is 0.248. The summed E-state index contributed by atoms with van der Waals surface area (Å²) < 4.78 is 3.08. The van der Waals surface area contributed by atoms with Gasteiger partial charge in [-0.25, -0.2) is 14.3 Å². The maximum absolute atomic E-state index is 12.6. The van der Waals surface area contributed by atoms with E-state index in [2.05, 4.69) is 30.9 Å². The van der Waals surface area contributed by atoms with E-state index in [1.165, 1.54) is 17.3 Å². The van der Waals surface area contributed by atoms with Crippen molar-refractivity contribution >= 4 is 11.6 Å². The molecule has 0 spiro atoms. The van der Waals surface area contributed by atoms with Crippen molar-refractivity contribution in [2.45, 2.75) is 0 Å².